The lowest BCUT2D eigenvalue weighted by Gasteiger charge is -2.12. The van der Waals surface area contributed by atoms with Crippen LogP contribution < -0.4 is 10.6 Å². The van der Waals surface area contributed by atoms with Gasteiger partial charge in [-0.3, -0.25) is 9.59 Å². The quantitative estimate of drug-likeness (QED) is 0.151. The summed E-state index contributed by atoms with van der Waals surface area (Å²) < 4.78 is 0. The fraction of sp³-hybridized carbons (Fsp3) is 0.278. The second kappa shape index (κ2) is 15.7. The molecular weight excluding hydrogens is 557 g/mol. The lowest BCUT2D eigenvalue weighted by atomic mass is 10.0. The van der Waals surface area contributed by atoms with Gasteiger partial charge in [-0.05, 0) is 97.2 Å². The molecule has 0 saturated carbocycles. The van der Waals surface area contributed by atoms with Crippen LogP contribution in [0.2, 0.25) is 0 Å². The topological polar surface area (TPSA) is 58.2 Å². The highest BCUT2D eigenvalue weighted by Gasteiger charge is 2.16. The summed E-state index contributed by atoms with van der Waals surface area (Å²) in [4.78, 5) is 28.1. The maximum absolute atomic E-state index is 13.2. The zero-order valence-corrected chi connectivity index (χ0v) is 26.5. The molecule has 0 spiro atoms. The molecule has 0 aliphatic heterocycles. The number of anilines is 2. The Labute approximate surface area is 258 Å². The van der Waals surface area contributed by atoms with E-state index in [-0.39, 0.29) is 11.8 Å². The summed E-state index contributed by atoms with van der Waals surface area (Å²) in [6, 6.07) is 31.3. The van der Waals surface area contributed by atoms with Crippen LogP contribution in [-0.2, 0) is 12.8 Å². The Morgan fingerprint density at radius 1 is 0.548 bits per heavy atom. The smallest absolute Gasteiger partial charge is 0.256 e. The minimum Gasteiger partial charge on any atom is -0.322 e. The maximum Gasteiger partial charge on any atom is 0.256 e. The standard InChI is InChI=1S/C36H40N2O2S2/c1-25(2)13-15-27-17-21-29(22-18-27)37-35(39)31-9-5-7-11-33(31)41-42-34-12-8-6-10-32(34)36(40)38-30-23-19-28(20-24-30)16-14-26(3)4/h5-12,17-26H,13-16H2,1-4H3,(H,37,39)(H,38,40). The summed E-state index contributed by atoms with van der Waals surface area (Å²) in [5.41, 5.74) is 5.29. The second-order valence-corrected chi connectivity index (χ2v) is 13.5. The van der Waals surface area contributed by atoms with Gasteiger partial charge in [0.25, 0.3) is 11.8 Å². The van der Waals surface area contributed by atoms with E-state index in [1.165, 1.54) is 32.7 Å². The minimum absolute atomic E-state index is 0.156. The van der Waals surface area contributed by atoms with Gasteiger partial charge in [-0.15, -0.1) is 0 Å². The second-order valence-electron chi connectivity index (χ2n) is 11.3. The van der Waals surface area contributed by atoms with Gasteiger partial charge in [0.15, 0.2) is 0 Å². The predicted octanol–water partition coefficient (Wildman–Crippen LogP) is 10.2. The molecule has 0 saturated heterocycles. The molecule has 0 fully saturated rings. The third kappa shape index (κ3) is 9.53. The average Bonchev–Trinajstić information content (AvgIpc) is 2.99. The normalized spacial score (nSPS) is 11.1. The van der Waals surface area contributed by atoms with Crippen molar-refractivity contribution in [3.05, 3.63) is 119 Å². The van der Waals surface area contributed by atoms with Gasteiger partial charge >= 0.3 is 0 Å². The Morgan fingerprint density at radius 2 is 0.905 bits per heavy atom. The summed E-state index contributed by atoms with van der Waals surface area (Å²) >= 11 is 0. The SMILES string of the molecule is CC(C)CCc1ccc(NC(=O)c2ccccc2SSc2ccccc2C(=O)Nc2ccc(CCC(C)C)cc2)cc1. The van der Waals surface area contributed by atoms with Crippen LogP contribution in [0.25, 0.3) is 0 Å². The number of hydrogen-bond donors (Lipinski definition) is 2. The van der Waals surface area contributed by atoms with Gasteiger partial charge < -0.3 is 10.6 Å². The van der Waals surface area contributed by atoms with Crippen molar-refractivity contribution in [1.82, 2.24) is 0 Å². The number of hydrogen-bond acceptors (Lipinski definition) is 4. The van der Waals surface area contributed by atoms with Crippen LogP contribution in [0.4, 0.5) is 11.4 Å². The first kappa shape index (κ1) is 31.5. The molecule has 0 aliphatic rings. The number of rotatable bonds is 13. The Balaban J connectivity index is 1.39. The summed E-state index contributed by atoms with van der Waals surface area (Å²) in [5.74, 6) is 1.01. The fourth-order valence-corrected chi connectivity index (χ4v) is 6.72. The Hall–Kier alpha value is -3.48. The number of amides is 2. The van der Waals surface area contributed by atoms with Crippen LogP contribution in [0.1, 0.15) is 72.4 Å². The van der Waals surface area contributed by atoms with Crippen molar-refractivity contribution in [2.45, 2.75) is 63.2 Å². The summed E-state index contributed by atoms with van der Waals surface area (Å²) in [5, 5.41) is 6.07. The van der Waals surface area contributed by atoms with Gasteiger partial charge in [-0.1, -0.05) is 97.8 Å². The highest BCUT2D eigenvalue weighted by molar-refractivity contribution is 8.76. The average molecular weight is 597 g/mol. The van der Waals surface area contributed by atoms with Crippen LogP contribution in [0.5, 0.6) is 0 Å². The van der Waals surface area contributed by atoms with E-state index in [0.29, 0.717) is 23.0 Å². The molecule has 0 bridgehead atoms. The monoisotopic (exact) mass is 596 g/mol. The largest absolute Gasteiger partial charge is 0.322 e. The highest BCUT2D eigenvalue weighted by atomic mass is 33.1. The van der Waals surface area contributed by atoms with Crippen LogP contribution >= 0.6 is 21.6 Å². The van der Waals surface area contributed by atoms with Crippen LogP contribution in [0, 0.1) is 11.8 Å². The van der Waals surface area contributed by atoms with E-state index < -0.39 is 0 Å². The van der Waals surface area contributed by atoms with Gasteiger partial charge in [0.1, 0.15) is 0 Å². The van der Waals surface area contributed by atoms with Crippen molar-refractivity contribution < 1.29 is 9.59 Å². The zero-order chi connectivity index (χ0) is 29.9. The van der Waals surface area contributed by atoms with Crippen molar-refractivity contribution in [3.63, 3.8) is 0 Å². The first-order valence-corrected chi connectivity index (χ1v) is 16.8. The molecule has 2 amide bonds. The molecule has 0 heterocycles. The molecule has 4 aromatic rings. The summed E-state index contributed by atoms with van der Waals surface area (Å²) in [6.45, 7) is 8.90. The molecule has 4 aromatic carbocycles. The molecule has 2 N–H and O–H groups in total. The van der Waals surface area contributed by atoms with Crippen molar-refractivity contribution in [1.29, 1.82) is 0 Å². The molecule has 6 heteroatoms. The number of benzene rings is 4. The lowest BCUT2D eigenvalue weighted by Crippen LogP contribution is -2.13. The van der Waals surface area contributed by atoms with Gasteiger partial charge in [0.05, 0.1) is 11.1 Å². The van der Waals surface area contributed by atoms with Crippen molar-refractivity contribution in [2.75, 3.05) is 10.6 Å². The van der Waals surface area contributed by atoms with E-state index in [9.17, 15) is 9.59 Å². The van der Waals surface area contributed by atoms with Crippen LogP contribution in [0.15, 0.2) is 107 Å². The van der Waals surface area contributed by atoms with Gasteiger partial charge in [0, 0.05) is 21.2 Å². The third-order valence-corrected chi connectivity index (χ3v) is 9.41. The van der Waals surface area contributed by atoms with E-state index in [0.717, 1.165) is 46.8 Å². The van der Waals surface area contributed by atoms with Crippen molar-refractivity contribution in [3.8, 4) is 0 Å². The lowest BCUT2D eigenvalue weighted by molar-refractivity contribution is 0.101. The first-order chi connectivity index (χ1) is 20.3. The highest BCUT2D eigenvalue weighted by Crippen LogP contribution is 2.40. The zero-order valence-electron chi connectivity index (χ0n) is 24.9. The molecule has 4 rings (SSSR count). The van der Waals surface area contributed by atoms with E-state index in [1.807, 2.05) is 72.8 Å². The van der Waals surface area contributed by atoms with Crippen LogP contribution in [-0.4, -0.2) is 11.8 Å². The molecule has 0 radical (unpaired) electrons. The van der Waals surface area contributed by atoms with Gasteiger partial charge in [0.2, 0.25) is 0 Å². The van der Waals surface area contributed by atoms with Crippen molar-refractivity contribution >= 4 is 44.8 Å². The Kier molecular flexibility index (Phi) is 11.7. The third-order valence-electron chi connectivity index (χ3n) is 6.93. The number of nitrogens with one attached hydrogen (secondary N) is 2. The van der Waals surface area contributed by atoms with E-state index >= 15 is 0 Å². The molecule has 4 nitrogen and oxygen atoms in total. The molecule has 0 aromatic heterocycles. The maximum atomic E-state index is 13.2. The Morgan fingerprint density at radius 3 is 1.26 bits per heavy atom. The molecule has 0 atom stereocenters. The Bertz CT molecular complexity index is 1350. The first-order valence-electron chi connectivity index (χ1n) is 14.6. The fourth-order valence-electron chi connectivity index (χ4n) is 4.36. The molecule has 0 unspecified atom stereocenters. The van der Waals surface area contributed by atoms with Crippen LogP contribution in [0.3, 0.4) is 0 Å². The van der Waals surface area contributed by atoms with Gasteiger partial charge in [-0.25, -0.2) is 0 Å². The van der Waals surface area contributed by atoms with E-state index in [1.54, 1.807) is 0 Å². The van der Waals surface area contributed by atoms with Gasteiger partial charge in [-0.2, -0.15) is 0 Å². The minimum atomic E-state index is -0.156. The summed E-state index contributed by atoms with van der Waals surface area (Å²) in [7, 11) is 2.95. The number of aryl methyl sites for hydroxylation is 2. The number of carbonyl (C=O) groups is 2. The predicted molar refractivity (Wildman–Crippen MR) is 180 cm³/mol. The molecular formula is C36H40N2O2S2. The summed E-state index contributed by atoms with van der Waals surface area (Å²) in [6.07, 6.45) is 4.36. The van der Waals surface area contributed by atoms with E-state index in [4.69, 9.17) is 0 Å². The van der Waals surface area contributed by atoms with E-state index in [2.05, 4.69) is 62.6 Å². The molecule has 218 valence electrons. The number of carbonyl (C=O) groups excluding carboxylic acids is 2. The van der Waals surface area contributed by atoms with Crippen molar-refractivity contribution in [2.24, 2.45) is 11.8 Å². The molecule has 0 aliphatic carbocycles. The molecule has 42 heavy (non-hydrogen) atoms.